The molecule has 1 unspecified atom stereocenters. The van der Waals surface area contributed by atoms with Crippen LogP contribution in [0.3, 0.4) is 0 Å². The summed E-state index contributed by atoms with van der Waals surface area (Å²) in [6.45, 7) is 2.17. The largest absolute Gasteiger partial charge is 0.493 e. The highest BCUT2D eigenvalue weighted by Crippen LogP contribution is 2.55. The molecule has 4 heteroatoms. The number of aliphatic imine (C=N–C) groups is 1. The van der Waals surface area contributed by atoms with Crippen molar-refractivity contribution in [2.75, 3.05) is 7.11 Å². The summed E-state index contributed by atoms with van der Waals surface area (Å²) in [6, 6.07) is -0.0721. The van der Waals surface area contributed by atoms with Crippen molar-refractivity contribution < 1.29 is 14.6 Å². The van der Waals surface area contributed by atoms with Gasteiger partial charge in [0, 0.05) is 18.4 Å². The van der Waals surface area contributed by atoms with Crippen LogP contribution in [0, 0.1) is 11.5 Å². The third-order valence-corrected chi connectivity index (χ3v) is 5.02. The average Bonchev–Trinajstić information content (AvgIpc) is 2.67. The molecule has 2 aliphatic heterocycles. The Morgan fingerprint density at radius 2 is 2.38 bits per heavy atom. The number of rotatable bonds is 0. The molecule has 0 aromatic carbocycles. The predicted octanol–water partition coefficient (Wildman–Crippen LogP) is 2.31. The van der Waals surface area contributed by atoms with Crippen molar-refractivity contribution in [3.8, 4) is 0 Å². The summed E-state index contributed by atoms with van der Waals surface area (Å²) in [5, 5.41) is 10.1. The van der Waals surface area contributed by atoms with Gasteiger partial charge >= 0.3 is 12.0 Å². The van der Waals surface area contributed by atoms with E-state index in [1.54, 1.807) is 7.11 Å². The standard InChI is InChI=1S/C17H20NO3/c1-10-3-4-14-17(9-10)6-5-15(20-2)18-12-7-11(19)8-13(21-14)16(12)17/h6,9,11-12,14,19H,3-4,7-8H2,1-2H3/q+1/t11-,12-,14+,17?/m0/s1. The van der Waals surface area contributed by atoms with Gasteiger partial charge in [0.25, 0.3) is 0 Å². The summed E-state index contributed by atoms with van der Waals surface area (Å²) in [4.78, 5) is 4.64. The first-order valence-electron chi connectivity index (χ1n) is 7.61. The van der Waals surface area contributed by atoms with Gasteiger partial charge in [-0.1, -0.05) is 11.6 Å². The average molecular weight is 286 g/mol. The van der Waals surface area contributed by atoms with Crippen molar-refractivity contribution in [2.45, 2.75) is 50.9 Å². The molecule has 4 rings (SSSR count). The number of methoxy groups -OCH3 is 1. The number of nitrogens with zero attached hydrogens (tertiary/aromatic N) is 1. The summed E-state index contributed by atoms with van der Waals surface area (Å²) >= 11 is 0. The second-order valence-electron chi connectivity index (χ2n) is 6.44. The summed E-state index contributed by atoms with van der Waals surface area (Å²) in [5.41, 5.74) is 2.36. The first-order valence-corrected chi connectivity index (χ1v) is 7.61. The van der Waals surface area contributed by atoms with E-state index in [1.165, 1.54) is 11.1 Å². The Bertz CT molecular complexity index is 601. The highest BCUT2D eigenvalue weighted by molar-refractivity contribution is 5.85. The number of ether oxygens (including phenoxy) is 2. The lowest BCUT2D eigenvalue weighted by molar-refractivity contribution is 0.0676. The molecule has 4 nitrogen and oxygen atoms in total. The van der Waals surface area contributed by atoms with Crippen molar-refractivity contribution in [2.24, 2.45) is 10.4 Å². The third-order valence-electron chi connectivity index (χ3n) is 5.02. The van der Waals surface area contributed by atoms with Crippen molar-refractivity contribution in [3.63, 3.8) is 0 Å². The molecule has 110 valence electrons. The maximum atomic E-state index is 10.1. The minimum absolute atomic E-state index is 0.0721. The lowest BCUT2D eigenvalue weighted by Crippen LogP contribution is -2.37. The SMILES string of the molecule is COC1=N[C@H]2C[C@H](O)CC3=C2C2(C=[C+]1)C=C(C)CC[C@H]2O3. The quantitative estimate of drug-likeness (QED) is 0.549. The number of allylic oxidation sites excluding steroid dienone is 1. The van der Waals surface area contributed by atoms with Crippen LogP contribution in [-0.4, -0.2) is 36.4 Å². The molecule has 21 heavy (non-hydrogen) atoms. The van der Waals surface area contributed by atoms with Gasteiger partial charge in [0.05, 0.1) is 19.3 Å². The summed E-state index contributed by atoms with van der Waals surface area (Å²) in [6.07, 6.45) is 10.6. The van der Waals surface area contributed by atoms with Gasteiger partial charge in [-0.25, -0.2) is 0 Å². The monoisotopic (exact) mass is 286 g/mol. The number of hydrogen-bond acceptors (Lipinski definition) is 4. The Morgan fingerprint density at radius 1 is 1.52 bits per heavy atom. The second-order valence-corrected chi connectivity index (χ2v) is 6.44. The van der Waals surface area contributed by atoms with Crippen LogP contribution in [0.2, 0.25) is 0 Å². The zero-order chi connectivity index (χ0) is 14.6. The van der Waals surface area contributed by atoms with Crippen LogP contribution in [0.25, 0.3) is 0 Å². The van der Waals surface area contributed by atoms with E-state index in [0.29, 0.717) is 18.7 Å². The number of aliphatic hydroxyl groups is 1. The Balaban J connectivity index is 1.91. The van der Waals surface area contributed by atoms with Crippen LogP contribution < -0.4 is 0 Å². The van der Waals surface area contributed by atoms with Crippen LogP contribution in [-0.2, 0) is 9.47 Å². The summed E-state index contributed by atoms with van der Waals surface area (Å²) < 4.78 is 11.5. The van der Waals surface area contributed by atoms with E-state index in [2.05, 4.69) is 30.1 Å². The molecule has 0 aromatic heterocycles. The lowest BCUT2D eigenvalue weighted by atomic mass is 9.66. The topological polar surface area (TPSA) is 51.0 Å². The van der Waals surface area contributed by atoms with E-state index in [9.17, 15) is 5.11 Å². The minimum Gasteiger partial charge on any atom is -0.493 e. The van der Waals surface area contributed by atoms with Gasteiger partial charge in [-0.2, -0.15) is 4.99 Å². The molecular formula is C17H20NO3+. The van der Waals surface area contributed by atoms with Gasteiger partial charge in [-0.05, 0) is 19.8 Å². The van der Waals surface area contributed by atoms with Crippen molar-refractivity contribution in [3.05, 3.63) is 35.1 Å². The first kappa shape index (κ1) is 13.1. The predicted molar refractivity (Wildman–Crippen MR) is 78.6 cm³/mol. The molecule has 0 radical (unpaired) electrons. The number of hydrogen-bond donors (Lipinski definition) is 1. The molecule has 4 atom stereocenters. The fourth-order valence-corrected chi connectivity index (χ4v) is 4.16. The highest BCUT2D eigenvalue weighted by Gasteiger charge is 2.57. The Labute approximate surface area is 124 Å². The van der Waals surface area contributed by atoms with Crippen LogP contribution in [0.5, 0.6) is 0 Å². The van der Waals surface area contributed by atoms with Crippen LogP contribution in [0.1, 0.15) is 32.6 Å². The zero-order valence-electron chi connectivity index (χ0n) is 12.4. The van der Waals surface area contributed by atoms with Crippen LogP contribution in [0.15, 0.2) is 34.0 Å². The molecule has 0 saturated heterocycles. The number of aliphatic hydroxyl groups excluding tert-OH is 1. The Morgan fingerprint density at radius 3 is 3.19 bits per heavy atom. The molecule has 4 aliphatic rings. The minimum atomic E-state index is -0.393. The molecule has 2 aliphatic carbocycles. The van der Waals surface area contributed by atoms with E-state index >= 15 is 0 Å². The normalized spacial score (nSPS) is 40.2. The fraction of sp³-hybridized carbons (Fsp3) is 0.588. The van der Waals surface area contributed by atoms with Crippen LogP contribution >= 0.6 is 0 Å². The molecule has 0 aromatic rings. The van der Waals surface area contributed by atoms with Gasteiger partial charge in [-0.3, -0.25) is 0 Å². The van der Waals surface area contributed by atoms with Gasteiger partial charge in [-0.15, -0.1) is 0 Å². The summed E-state index contributed by atoms with van der Waals surface area (Å²) in [7, 11) is 1.61. The highest BCUT2D eigenvalue weighted by atomic mass is 16.5. The molecule has 0 fully saturated rings. The maximum absolute atomic E-state index is 10.1. The van der Waals surface area contributed by atoms with E-state index in [-0.39, 0.29) is 17.6 Å². The summed E-state index contributed by atoms with van der Waals surface area (Å²) in [5.74, 6) is 1.45. The maximum Gasteiger partial charge on any atom is 0.470 e. The van der Waals surface area contributed by atoms with Crippen LogP contribution in [0.4, 0.5) is 0 Å². The first-order chi connectivity index (χ1) is 10.1. The second kappa shape index (κ2) is 4.43. The molecule has 2 heterocycles. The van der Waals surface area contributed by atoms with Crippen molar-refractivity contribution in [1.82, 2.24) is 0 Å². The van der Waals surface area contributed by atoms with Crippen molar-refractivity contribution >= 4 is 5.90 Å². The Kier molecular flexibility index (Phi) is 2.75. The fourth-order valence-electron chi connectivity index (χ4n) is 4.16. The smallest absolute Gasteiger partial charge is 0.470 e. The van der Waals surface area contributed by atoms with E-state index in [0.717, 1.165) is 18.6 Å². The van der Waals surface area contributed by atoms with E-state index < -0.39 is 6.10 Å². The molecule has 0 amide bonds. The molecule has 0 saturated carbocycles. The third kappa shape index (κ3) is 1.79. The molecule has 0 bridgehead atoms. The van der Waals surface area contributed by atoms with Gasteiger partial charge in [0.15, 0.2) is 6.08 Å². The molecule has 1 spiro atoms. The van der Waals surface area contributed by atoms with Gasteiger partial charge in [0.1, 0.15) is 17.3 Å². The zero-order valence-corrected chi connectivity index (χ0v) is 12.4. The lowest BCUT2D eigenvalue weighted by Gasteiger charge is -2.33. The van der Waals surface area contributed by atoms with Crippen molar-refractivity contribution in [1.29, 1.82) is 0 Å². The Hall–Kier alpha value is -1.64. The molecule has 1 N–H and O–H groups in total. The van der Waals surface area contributed by atoms with Gasteiger partial charge < -0.3 is 14.6 Å². The molecular weight excluding hydrogens is 266 g/mol. The van der Waals surface area contributed by atoms with Gasteiger partial charge in [0.2, 0.25) is 0 Å². The van der Waals surface area contributed by atoms with E-state index in [1.807, 2.05) is 0 Å². The van der Waals surface area contributed by atoms with E-state index in [4.69, 9.17) is 9.47 Å².